The molecule has 0 amide bonds. The minimum absolute atomic E-state index is 0.238. The average molecular weight is 188 g/mol. The molecule has 5 heteroatoms. The highest BCUT2D eigenvalue weighted by Crippen LogP contribution is 2.34. The van der Waals surface area contributed by atoms with Gasteiger partial charge in [0.25, 0.3) is 0 Å². The normalized spacial score (nSPS) is 42.4. The quantitative estimate of drug-likeness (QED) is 0.596. The van der Waals surface area contributed by atoms with Gasteiger partial charge in [0.05, 0.1) is 6.61 Å². The lowest BCUT2D eigenvalue weighted by atomic mass is 10.2. The van der Waals surface area contributed by atoms with E-state index in [1.807, 2.05) is 0 Å². The summed E-state index contributed by atoms with van der Waals surface area (Å²) in [5.74, 6) is -1.01. The lowest BCUT2D eigenvalue weighted by Crippen LogP contribution is -2.31. The fraction of sp³-hybridized carbons (Fsp3) is 0.875. The van der Waals surface area contributed by atoms with Crippen LogP contribution >= 0.6 is 0 Å². The van der Waals surface area contributed by atoms with Crippen LogP contribution in [0.5, 0.6) is 0 Å². The summed E-state index contributed by atoms with van der Waals surface area (Å²) in [7, 11) is 0. The van der Waals surface area contributed by atoms with E-state index in [-0.39, 0.29) is 12.4 Å². The monoisotopic (exact) mass is 188 g/mol. The third-order valence-electron chi connectivity index (χ3n) is 2.12. The van der Waals surface area contributed by atoms with E-state index < -0.39 is 24.3 Å². The van der Waals surface area contributed by atoms with E-state index in [4.69, 9.17) is 19.3 Å². The SMILES string of the molecule is CC1(C)OC2C(=O)[C@@H](CO)O[C@@H]2O1. The largest absolute Gasteiger partial charge is 0.393 e. The van der Waals surface area contributed by atoms with Crippen LogP contribution in [0.2, 0.25) is 0 Å². The Kier molecular flexibility index (Phi) is 1.92. The summed E-state index contributed by atoms with van der Waals surface area (Å²) in [5.41, 5.74) is 0. The van der Waals surface area contributed by atoms with Crippen molar-refractivity contribution in [2.45, 2.75) is 38.1 Å². The van der Waals surface area contributed by atoms with Gasteiger partial charge in [-0.25, -0.2) is 0 Å². The third-order valence-corrected chi connectivity index (χ3v) is 2.12. The molecule has 0 bridgehead atoms. The summed E-state index contributed by atoms with van der Waals surface area (Å²) in [5, 5.41) is 8.76. The number of aliphatic hydroxyl groups is 1. The number of fused-ring (bicyclic) bond motifs is 1. The minimum Gasteiger partial charge on any atom is -0.393 e. The highest BCUT2D eigenvalue weighted by molar-refractivity contribution is 5.90. The first kappa shape index (κ1) is 9.08. The zero-order valence-electron chi connectivity index (χ0n) is 7.52. The molecule has 0 aliphatic carbocycles. The summed E-state index contributed by atoms with van der Waals surface area (Å²) in [4.78, 5) is 11.4. The molecule has 2 saturated heterocycles. The molecule has 2 heterocycles. The number of carbonyl (C=O) groups excluding carboxylic acids is 1. The smallest absolute Gasteiger partial charge is 0.198 e. The minimum atomic E-state index is -0.786. The second-order valence-corrected chi connectivity index (χ2v) is 3.63. The van der Waals surface area contributed by atoms with Gasteiger partial charge in [0, 0.05) is 0 Å². The molecule has 0 aromatic heterocycles. The Morgan fingerprint density at radius 1 is 1.46 bits per heavy atom. The van der Waals surface area contributed by atoms with Gasteiger partial charge in [0.15, 0.2) is 24.0 Å². The first-order valence-corrected chi connectivity index (χ1v) is 4.19. The van der Waals surface area contributed by atoms with Crippen molar-refractivity contribution < 1.29 is 24.1 Å². The van der Waals surface area contributed by atoms with E-state index in [0.29, 0.717) is 0 Å². The van der Waals surface area contributed by atoms with Gasteiger partial charge in [-0.3, -0.25) is 4.79 Å². The van der Waals surface area contributed by atoms with Gasteiger partial charge in [-0.2, -0.15) is 0 Å². The Hall–Kier alpha value is -0.490. The van der Waals surface area contributed by atoms with Crippen molar-refractivity contribution in [1.29, 1.82) is 0 Å². The second kappa shape index (κ2) is 2.75. The number of hydrogen-bond donors (Lipinski definition) is 1. The number of hydrogen-bond acceptors (Lipinski definition) is 5. The molecule has 13 heavy (non-hydrogen) atoms. The Bertz CT molecular complexity index is 237. The lowest BCUT2D eigenvalue weighted by Gasteiger charge is -2.18. The zero-order valence-corrected chi connectivity index (χ0v) is 7.52. The summed E-state index contributed by atoms with van der Waals surface area (Å²) in [6.45, 7) is 3.12. The van der Waals surface area contributed by atoms with E-state index in [2.05, 4.69) is 0 Å². The van der Waals surface area contributed by atoms with Gasteiger partial charge in [-0.1, -0.05) is 0 Å². The van der Waals surface area contributed by atoms with Crippen molar-refractivity contribution in [2.24, 2.45) is 0 Å². The maximum absolute atomic E-state index is 11.4. The van der Waals surface area contributed by atoms with Crippen molar-refractivity contribution in [2.75, 3.05) is 6.61 Å². The Labute approximate surface area is 75.6 Å². The van der Waals surface area contributed by atoms with Gasteiger partial charge in [0.2, 0.25) is 0 Å². The molecule has 5 nitrogen and oxygen atoms in total. The third kappa shape index (κ3) is 1.38. The van der Waals surface area contributed by atoms with Gasteiger partial charge in [-0.05, 0) is 13.8 Å². The van der Waals surface area contributed by atoms with Crippen molar-refractivity contribution in [3.8, 4) is 0 Å². The van der Waals surface area contributed by atoms with Crippen molar-refractivity contribution in [3.05, 3.63) is 0 Å². The van der Waals surface area contributed by atoms with E-state index >= 15 is 0 Å². The van der Waals surface area contributed by atoms with Crippen LogP contribution in [0, 0.1) is 0 Å². The number of aliphatic hydroxyl groups excluding tert-OH is 1. The Balaban J connectivity index is 2.11. The number of ether oxygens (including phenoxy) is 3. The van der Waals surface area contributed by atoms with Crippen LogP contribution in [0.4, 0.5) is 0 Å². The van der Waals surface area contributed by atoms with Gasteiger partial charge >= 0.3 is 0 Å². The van der Waals surface area contributed by atoms with Crippen molar-refractivity contribution in [3.63, 3.8) is 0 Å². The van der Waals surface area contributed by atoms with E-state index in [1.165, 1.54) is 0 Å². The molecular formula is C8H12O5. The van der Waals surface area contributed by atoms with Crippen LogP contribution in [0.3, 0.4) is 0 Å². The molecule has 0 saturated carbocycles. The maximum Gasteiger partial charge on any atom is 0.198 e. The zero-order chi connectivity index (χ0) is 9.64. The highest BCUT2D eigenvalue weighted by Gasteiger charge is 2.53. The number of rotatable bonds is 1. The molecule has 0 aromatic carbocycles. The lowest BCUT2D eigenvalue weighted by molar-refractivity contribution is -0.207. The molecule has 0 aromatic rings. The Morgan fingerprint density at radius 3 is 2.69 bits per heavy atom. The van der Waals surface area contributed by atoms with Gasteiger partial charge < -0.3 is 19.3 Å². The van der Waals surface area contributed by atoms with E-state index in [9.17, 15) is 4.79 Å². The molecule has 0 spiro atoms. The molecule has 3 atom stereocenters. The first-order valence-electron chi connectivity index (χ1n) is 4.19. The molecule has 2 aliphatic heterocycles. The van der Waals surface area contributed by atoms with Gasteiger partial charge in [-0.15, -0.1) is 0 Å². The summed E-state index contributed by atoms with van der Waals surface area (Å²) < 4.78 is 15.7. The molecule has 0 radical (unpaired) electrons. The maximum atomic E-state index is 11.4. The molecule has 1 N–H and O–H groups in total. The fourth-order valence-corrected chi connectivity index (χ4v) is 1.57. The predicted molar refractivity (Wildman–Crippen MR) is 40.8 cm³/mol. The number of carbonyl (C=O) groups is 1. The van der Waals surface area contributed by atoms with Crippen LogP contribution in [-0.4, -0.2) is 41.8 Å². The average Bonchev–Trinajstić information content (AvgIpc) is 2.47. The van der Waals surface area contributed by atoms with Gasteiger partial charge in [0.1, 0.15) is 6.10 Å². The van der Waals surface area contributed by atoms with Crippen molar-refractivity contribution >= 4 is 5.78 Å². The molecule has 2 fully saturated rings. The van der Waals surface area contributed by atoms with Crippen LogP contribution in [0.15, 0.2) is 0 Å². The predicted octanol–water partition coefficient (Wildman–Crippen LogP) is -0.576. The number of Topliss-reactive ketones (excluding diaryl/α,β-unsaturated/α-hetero) is 1. The highest BCUT2D eigenvalue weighted by atomic mass is 16.8. The summed E-state index contributed by atoms with van der Waals surface area (Å²) in [6, 6.07) is 0. The molecular weight excluding hydrogens is 176 g/mol. The summed E-state index contributed by atoms with van der Waals surface area (Å²) in [6.07, 6.45) is -2.11. The van der Waals surface area contributed by atoms with E-state index in [0.717, 1.165) is 0 Å². The molecule has 74 valence electrons. The first-order chi connectivity index (χ1) is 6.03. The fourth-order valence-electron chi connectivity index (χ4n) is 1.57. The van der Waals surface area contributed by atoms with Crippen LogP contribution in [-0.2, 0) is 19.0 Å². The molecule has 2 aliphatic rings. The standard InChI is InChI=1S/C8H12O5/c1-8(2)12-6-5(10)4(3-9)11-7(6)13-8/h4,6-7,9H,3H2,1-2H3/t4-,6?,7-/m1/s1. The Morgan fingerprint density at radius 2 is 2.15 bits per heavy atom. The van der Waals surface area contributed by atoms with Crippen LogP contribution < -0.4 is 0 Å². The molecule has 2 rings (SSSR count). The molecule has 1 unspecified atom stereocenters. The topological polar surface area (TPSA) is 65.0 Å². The number of ketones is 1. The van der Waals surface area contributed by atoms with Crippen LogP contribution in [0.25, 0.3) is 0 Å². The van der Waals surface area contributed by atoms with Crippen LogP contribution in [0.1, 0.15) is 13.8 Å². The van der Waals surface area contributed by atoms with Crippen molar-refractivity contribution in [1.82, 2.24) is 0 Å². The van der Waals surface area contributed by atoms with E-state index in [1.54, 1.807) is 13.8 Å². The second-order valence-electron chi connectivity index (χ2n) is 3.63. The summed E-state index contributed by atoms with van der Waals surface area (Å²) >= 11 is 0.